The van der Waals surface area contributed by atoms with Crippen molar-refractivity contribution in [3.63, 3.8) is 0 Å². The summed E-state index contributed by atoms with van der Waals surface area (Å²) < 4.78 is 44.9. The first-order valence-electron chi connectivity index (χ1n) is 6.50. The third-order valence-corrected chi connectivity index (χ3v) is 5.73. The molecule has 0 saturated heterocycles. The number of nitrogens with one attached hydrogen (secondary N) is 1. The van der Waals surface area contributed by atoms with Crippen molar-refractivity contribution in [3.8, 4) is 0 Å². The minimum Gasteiger partial charge on any atom is -0.462 e. The van der Waals surface area contributed by atoms with Gasteiger partial charge in [-0.15, -0.1) is 11.3 Å². The molecule has 0 aliphatic rings. The number of aryl methyl sites for hydroxylation is 1. The van der Waals surface area contributed by atoms with Crippen LogP contribution in [0.15, 0.2) is 29.2 Å². The molecule has 0 aliphatic carbocycles. The molecule has 2 rings (SSSR count). The van der Waals surface area contributed by atoms with Gasteiger partial charge in [-0.25, -0.2) is 17.6 Å². The first kappa shape index (κ1) is 17.7. The topological polar surface area (TPSA) is 72.5 Å². The highest BCUT2D eigenvalue weighted by atomic mass is 35.5. The van der Waals surface area contributed by atoms with E-state index in [2.05, 4.69) is 4.72 Å². The molecule has 0 spiro atoms. The molecule has 1 aromatic carbocycles. The summed E-state index contributed by atoms with van der Waals surface area (Å²) >= 11 is 6.57. The molecule has 2 aromatic rings. The Balaban J connectivity index is 2.29. The maximum Gasteiger partial charge on any atom is 0.348 e. The maximum absolute atomic E-state index is 13.1. The second kappa shape index (κ2) is 6.86. The molecule has 0 fully saturated rings. The number of hydrogen-bond donors (Lipinski definition) is 1. The van der Waals surface area contributed by atoms with Crippen molar-refractivity contribution < 1.29 is 22.3 Å². The molecule has 0 amide bonds. The Morgan fingerprint density at radius 2 is 2.09 bits per heavy atom. The number of thiophene rings is 1. The van der Waals surface area contributed by atoms with Crippen LogP contribution in [-0.2, 0) is 14.8 Å². The van der Waals surface area contributed by atoms with Crippen LogP contribution in [-0.4, -0.2) is 21.0 Å². The van der Waals surface area contributed by atoms with Crippen molar-refractivity contribution in [2.24, 2.45) is 0 Å². The van der Waals surface area contributed by atoms with Crippen LogP contribution in [0.25, 0.3) is 0 Å². The van der Waals surface area contributed by atoms with Crippen LogP contribution in [0.1, 0.15) is 22.2 Å². The van der Waals surface area contributed by atoms with Crippen LogP contribution < -0.4 is 4.72 Å². The lowest BCUT2D eigenvalue weighted by Crippen LogP contribution is -2.12. The number of benzene rings is 1. The molecule has 0 atom stereocenters. The van der Waals surface area contributed by atoms with E-state index in [1.807, 2.05) is 0 Å². The second-order valence-electron chi connectivity index (χ2n) is 4.52. The average Bonchev–Trinajstić information content (AvgIpc) is 2.82. The highest BCUT2D eigenvalue weighted by Gasteiger charge is 2.20. The lowest BCUT2D eigenvalue weighted by molar-refractivity contribution is 0.0531. The maximum atomic E-state index is 13.1. The van der Waals surface area contributed by atoms with Crippen LogP contribution in [0.3, 0.4) is 0 Å². The van der Waals surface area contributed by atoms with Crippen molar-refractivity contribution in [1.82, 2.24) is 0 Å². The summed E-state index contributed by atoms with van der Waals surface area (Å²) in [6, 6.07) is 4.63. The molecule has 0 saturated carbocycles. The summed E-state index contributed by atoms with van der Waals surface area (Å²) in [5.74, 6) is -1.22. The standard InChI is InChI=1S/C14H13ClFNO4S2/c1-3-21-14(18)13-8(2)6-12(22-13)17-23(19,20)9-4-5-11(16)10(15)7-9/h4-7,17H,3H2,1-2H3. The van der Waals surface area contributed by atoms with Gasteiger partial charge in [-0.1, -0.05) is 11.6 Å². The Morgan fingerprint density at radius 3 is 2.70 bits per heavy atom. The van der Waals surface area contributed by atoms with Gasteiger partial charge in [0, 0.05) is 0 Å². The number of ether oxygens (including phenoxy) is 1. The number of esters is 1. The van der Waals surface area contributed by atoms with Gasteiger partial charge in [-0.2, -0.15) is 0 Å². The zero-order chi connectivity index (χ0) is 17.2. The number of carbonyl (C=O) groups excluding carboxylic acids is 1. The predicted octanol–water partition coefficient (Wildman–Crippen LogP) is 3.83. The molecular weight excluding hydrogens is 365 g/mol. The molecule has 23 heavy (non-hydrogen) atoms. The van der Waals surface area contributed by atoms with E-state index in [4.69, 9.17) is 16.3 Å². The van der Waals surface area contributed by atoms with Crippen LogP contribution in [0.5, 0.6) is 0 Å². The van der Waals surface area contributed by atoms with E-state index in [1.54, 1.807) is 13.8 Å². The molecular formula is C14H13ClFNO4S2. The molecule has 1 aromatic heterocycles. The van der Waals surface area contributed by atoms with Crippen molar-refractivity contribution in [1.29, 1.82) is 0 Å². The van der Waals surface area contributed by atoms with E-state index >= 15 is 0 Å². The van der Waals surface area contributed by atoms with Gasteiger partial charge in [0.15, 0.2) is 0 Å². The van der Waals surface area contributed by atoms with E-state index in [0.717, 1.165) is 29.5 Å². The predicted molar refractivity (Wildman–Crippen MR) is 87.2 cm³/mol. The second-order valence-corrected chi connectivity index (χ2v) is 7.67. The molecule has 0 unspecified atom stereocenters. The molecule has 5 nitrogen and oxygen atoms in total. The Morgan fingerprint density at radius 1 is 1.39 bits per heavy atom. The number of hydrogen-bond acceptors (Lipinski definition) is 5. The van der Waals surface area contributed by atoms with Crippen molar-refractivity contribution in [2.45, 2.75) is 18.7 Å². The quantitative estimate of drug-likeness (QED) is 0.804. The van der Waals surface area contributed by atoms with Crippen LogP contribution in [0.2, 0.25) is 5.02 Å². The smallest absolute Gasteiger partial charge is 0.348 e. The summed E-state index contributed by atoms with van der Waals surface area (Å²) in [6.07, 6.45) is 0. The summed E-state index contributed by atoms with van der Waals surface area (Å²) in [6.45, 7) is 3.59. The summed E-state index contributed by atoms with van der Waals surface area (Å²) in [5.41, 5.74) is 0.600. The first-order chi connectivity index (χ1) is 10.7. The highest BCUT2D eigenvalue weighted by Crippen LogP contribution is 2.30. The zero-order valence-corrected chi connectivity index (χ0v) is 14.6. The van der Waals surface area contributed by atoms with Crippen molar-refractivity contribution >= 4 is 43.9 Å². The molecule has 9 heteroatoms. The van der Waals surface area contributed by atoms with E-state index in [9.17, 15) is 17.6 Å². The van der Waals surface area contributed by atoms with Gasteiger partial charge in [0.25, 0.3) is 10.0 Å². The van der Waals surface area contributed by atoms with Gasteiger partial charge >= 0.3 is 5.97 Å². The van der Waals surface area contributed by atoms with E-state index in [1.165, 1.54) is 6.07 Å². The van der Waals surface area contributed by atoms with Crippen LogP contribution in [0, 0.1) is 12.7 Å². The van der Waals surface area contributed by atoms with Gasteiger partial charge in [-0.3, -0.25) is 4.72 Å². The first-order valence-corrected chi connectivity index (χ1v) is 9.17. The van der Waals surface area contributed by atoms with Crippen LogP contribution in [0.4, 0.5) is 9.39 Å². The molecule has 0 aliphatic heterocycles. The number of anilines is 1. The number of sulfonamides is 1. The minimum absolute atomic E-state index is 0.173. The van der Waals surface area contributed by atoms with Gasteiger partial charge in [-0.05, 0) is 43.7 Å². The van der Waals surface area contributed by atoms with Crippen LogP contribution >= 0.6 is 22.9 Å². The van der Waals surface area contributed by atoms with E-state index in [0.29, 0.717) is 10.4 Å². The van der Waals surface area contributed by atoms with Gasteiger partial charge in [0.1, 0.15) is 15.7 Å². The minimum atomic E-state index is -3.94. The van der Waals surface area contributed by atoms with Crippen molar-refractivity contribution in [3.05, 3.63) is 45.5 Å². The third-order valence-electron chi connectivity index (χ3n) is 2.81. The summed E-state index contributed by atoms with van der Waals surface area (Å²) in [7, 11) is -3.94. The Labute approximate surface area is 142 Å². The molecule has 1 heterocycles. The summed E-state index contributed by atoms with van der Waals surface area (Å²) in [5, 5.41) is -0.0338. The number of rotatable bonds is 5. The SMILES string of the molecule is CCOC(=O)c1sc(NS(=O)(=O)c2ccc(F)c(Cl)c2)cc1C. The zero-order valence-electron chi connectivity index (χ0n) is 12.2. The summed E-state index contributed by atoms with van der Waals surface area (Å²) in [4.78, 5) is 11.9. The van der Waals surface area contributed by atoms with Crippen molar-refractivity contribution in [2.75, 3.05) is 11.3 Å². The van der Waals surface area contributed by atoms with Gasteiger partial charge in [0.05, 0.1) is 16.5 Å². The fourth-order valence-corrected chi connectivity index (χ4v) is 4.29. The molecule has 1 N–H and O–H groups in total. The Bertz CT molecular complexity index is 848. The Hall–Kier alpha value is -1.64. The fourth-order valence-electron chi connectivity index (χ4n) is 1.77. The third kappa shape index (κ3) is 4.01. The normalized spacial score (nSPS) is 11.3. The largest absolute Gasteiger partial charge is 0.462 e. The molecule has 0 radical (unpaired) electrons. The fraction of sp³-hybridized carbons (Fsp3) is 0.214. The number of halogens is 2. The monoisotopic (exact) mass is 377 g/mol. The lowest BCUT2D eigenvalue weighted by atomic mass is 10.3. The number of carbonyl (C=O) groups is 1. The lowest BCUT2D eigenvalue weighted by Gasteiger charge is -2.06. The van der Waals surface area contributed by atoms with E-state index < -0.39 is 21.8 Å². The molecule has 124 valence electrons. The highest BCUT2D eigenvalue weighted by molar-refractivity contribution is 7.93. The Kier molecular flexibility index (Phi) is 5.28. The molecule has 0 bridgehead atoms. The average molecular weight is 378 g/mol. The van der Waals surface area contributed by atoms with Gasteiger partial charge in [0.2, 0.25) is 0 Å². The van der Waals surface area contributed by atoms with E-state index in [-0.39, 0.29) is 21.5 Å². The van der Waals surface area contributed by atoms with Gasteiger partial charge < -0.3 is 4.74 Å².